The molecule has 0 fully saturated rings. The molecule has 35 nitrogen and oxygen atoms in total. The number of imidazole rings is 1. The maximum absolute atomic E-state index is 12.6. The van der Waals surface area contributed by atoms with Gasteiger partial charge in [-0.3, -0.25) is 15.6 Å². The zero-order chi connectivity index (χ0) is 78.8. The number of aliphatic hydroxyl groups is 10. The standard InChI is InChI=1S/C72H96N20O15S/c1-40(2)60(92-61(97)48(73)30-43-22-24-46(93)25-23-43)69(105)87-52(26-29-108-3)62(98)82-38-58(94)84-55(34-45-37-78-39-83-45)67(103)88-53(31-41-14-6-4-7-15-41)65(101)85-50(20-12-27-79-71(74)75)63(99)89-54(33-44-36-81-49-19-11-10-18-47(44)49)66(102)90-56(35-59(95)96)68(104)86-51(21-13-28-80-72(76)77)64(100)91-57(70(106)107)32-42-16-8-5-9-17-42/h4-11,14-19,22-25,36-37,39-40,48,50-57,60,81,93H,12-13,20-21,26-35,38,73H2,1-3H3,(H,78,83)(H,82,98)(H,84,94)(H,85,101)(H,86,104)(H,87,105)(H,88,103)(H,89,99)(H,90,102)(H,91,100)(H,92,97)(H,95,96)(H,106,107)(H4,74,75,79)(H4,76,77,80). The Hall–Kier alpha value is -12.1. The van der Waals surface area contributed by atoms with E-state index in [1.165, 1.54) is 36.4 Å². The molecular formula is C72H96N20O15S. The molecule has 0 spiro atoms. The highest BCUT2D eigenvalue weighted by Crippen LogP contribution is 2.24. The van der Waals surface area contributed by atoms with Crippen molar-refractivity contribution in [2.24, 2.45) is 73.0 Å². The Labute approximate surface area is 626 Å². The number of aromatic nitrogens is 3. The van der Waals surface area contributed by atoms with Crippen molar-refractivity contribution in [2.45, 2.75) is 145 Å². The molecule has 36 heteroatoms. The van der Waals surface area contributed by atoms with Crippen LogP contribution in [0.1, 0.15) is 80.3 Å². The Kier molecular flexibility index (Phi) is 34.1. The molecule has 10 unspecified atom stereocenters. The number of aliphatic carboxylic acids is 2. The summed E-state index contributed by atoms with van der Waals surface area (Å²) in [5.41, 5.74) is 20.7. The third-order valence-electron chi connectivity index (χ3n) is 16.5. The van der Waals surface area contributed by atoms with Crippen LogP contribution in [0.15, 0.2) is 178 Å². The summed E-state index contributed by atoms with van der Waals surface area (Å²) in [6.07, 6.45) is 4.34. The normalized spacial score (nSPS) is 16.2. The van der Waals surface area contributed by atoms with Gasteiger partial charge in [-0.2, -0.15) is 11.8 Å². The summed E-state index contributed by atoms with van der Waals surface area (Å²) in [6.45, 7) is 2.81. The Morgan fingerprint density at radius 2 is 0.991 bits per heavy atom. The van der Waals surface area contributed by atoms with Crippen molar-refractivity contribution in [3.63, 3.8) is 0 Å². The average Bonchev–Trinajstić information content (AvgIpc) is 1.64. The minimum Gasteiger partial charge on any atom is -0.508 e. The van der Waals surface area contributed by atoms with Gasteiger partial charge in [0.1, 0.15) is 60.6 Å². The van der Waals surface area contributed by atoms with Crippen molar-refractivity contribution in [1.82, 2.24) is 25.6 Å². The maximum atomic E-state index is 12.6. The minimum absolute atomic E-state index is 0.0210. The molecule has 0 radical (unpaired) electrons. The number of guanidine groups is 2. The van der Waals surface area contributed by atoms with Gasteiger partial charge in [0.2, 0.25) is 53.1 Å². The number of nitrogens with two attached hydrogens (primary N) is 3. The van der Waals surface area contributed by atoms with Gasteiger partial charge in [0.05, 0.1) is 18.8 Å². The van der Waals surface area contributed by atoms with Gasteiger partial charge in [0.25, 0.3) is 0 Å². The maximum Gasteiger partial charge on any atom is 0.328 e. The molecular weight excluding hydrogens is 1420 g/mol. The largest absolute Gasteiger partial charge is 0.508 e. The average molecular weight is 1510 g/mol. The van der Waals surface area contributed by atoms with E-state index in [-0.39, 0.29) is 89.0 Å². The monoisotopic (exact) mass is 1510 g/mol. The second-order valence-corrected chi connectivity index (χ2v) is 26.3. The molecule has 0 bridgehead atoms. The van der Waals surface area contributed by atoms with Crippen molar-refractivity contribution in [2.75, 3.05) is 31.6 Å². The molecule has 6 aromatic rings. The summed E-state index contributed by atoms with van der Waals surface area (Å²) in [7, 11) is 0. The highest BCUT2D eigenvalue weighted by molar-refractivity contribution is 7.98. The number of carboxylic acids is 2. The highest BCUT2D eigenvalue weighted by atomic mass is 32.2. The number of nitrogens with zero attached hydrogens (tertiary/aromatic N) is 11. The fraction of sp³-hybridized carbons (Fsp3) is 0.403. The van der Waals surface area contributed by atoms with Gasteiger partial charge < -0.3 is 104 Å². The number of aliphatic imine (C=N–C) groups is 10. The van der Waals surface area contributed by atoms with E-state index < -0.39 is 156 Å². The lowest BCUT2D eigenvalue weighted by Crippen LogP contribution is -2.36. The number of hydrogen-bond acceptors (Lipinski definition) is 18. The summed E-state index contributed by atoms with van der Waals surface area (Å²) < 4.78 is 0. The van der Waals surface area contributed by atoms with Crippen LogP contribution in [-0.4, -0.2) is 256 Å². The van der Waals surface area contributed by atoms with E-state index >= 15 is 0 Å². The lowest BCUT2D eigenvalue weighted by Gasteiger charge is -2.20. The quantitative estimate of drug-likeness (QED) is 0.0106. The molecule has 0 aliphatic heterocycles. The molecule has 10 atom stereocenters. The Morgan fingerprint density at radius 1 is 0.519 bits per heavy atom. The van der Waals surface area contributed by atoms with Gasteiger partial charge in [-0.1, -0.05) is 105 Å². The number of aliphatic hydroxyl groups excluding tert-OH is 10. The first-order valence-corrected chi connectivity index (χ1v) is 35.8. The van der Waals surface area contributed by atoms with E-state index in [4.69, 9.17) is 28.0 Å². The Balaban J connectivity index is 1.41. The van der Waals surface area contributed by atoms with E-state index in [0.717, 1.165) is 0 Å². The molecule has 2 heterocycles. The van der Waals surface area contributed by atoms with Crippen molar-refractivity contribution in [1.29, 1.82) is 10.8 Å². The predicted octanol–water partition coefficient (Wildman–Crippen LogP) is 6.81. The van der Waals surface area contributed by atoms with Crippen molar-refractivity contribution in [3.05, 3.63) is 156 Å². The molecule has 0 amide bonds. The molecule has 0 saturated carbocycles. The van der Waals surface area contributed by atoms with Gasteiger partial charge in [0.15, 0.2) is 23.9 Å². The van der Waals surface area contributed by atoms with E-state index in [0.29, 0.717) is 44.6 Å². The number of carboxylic acid groups (broad SMARTS) is 2. The third kappa shape index (κ3) is 28.8. The smallest absolute Gasteiger partial charge is 0.328 e. The number of H-pyrrole nitrogens is 2. The molecule has 0 aliphatic rings. The molecule has 0 aliphatic carbocycles. The van der Waals surface area contributed by atoms with E-state index in [1.54, 1.807) is 117 Å². The first kappa shape index (κ1) is 84.9. The van der Waals surface area contributed by atoms with Crippen LogP contribution in [0.2, 0.25) is 0 Å². The molecule has 0 saturated heterocycles. The van der Waals surface area contributed by atoms with Crippen LogP contribution in [0.4, 0.5) is 0 Å². The zero-order valence-electron chi connectivity index (χ0n) is 59.8. The fourth-order valence-electron chi connectivity index (χ4n) is 10.8. The van der Waals surface area contributed by atoms with Crippen LogP contribution < -0.4 is 27.8 Å². The van der Waals surface area contributed by atoms with Crippen LogP contribution in [0.25, 0.3) is 10.9 Å². The van der Waals surface area contributed by atoms with Crippen LogP contribution >= 0.6 is 11.8 Å². The van der Waals surface area contributed by atoms with E-state index in [1.807, 2.05) is 6.26 Å². The zero-order valence-corrected chi connectivity index (χ0v) is 60.6. The summed E-state index contributed by atoms with van der Waals surface area (Å²) in [5.74, 6) is -11.5. The predicted molar refractivity (Wildman–Crippen MR) is 420 cm³/mol. The summed E-state index contributed by atoms with van der Waals surface area (Å²) in [4.78, 5) is 78.3. The number of thioether (sulfide) groups is 1. The Bertz CT molecular complexity index is 4210. The van der Waals surface area contributed by atoms with Gasteiger partial charge in [-0.15, -0.1) is 0 Å². The molecule has 4 aromatic carbocycles. The highest BCUT2D eigenvalue weighted by Gasteiger charge is 2.31. The molecule has 6 rings (SSSR count). The number of aromatic hydroxyl groups is 1. The molecule has 580 valence electrons. The number of aromatic amines is 2. The number of carbonyl (C=O) groups is 2. The van der Waals surface area contributed by atoms with Crippen LogP contribution in [0.3, 0.4) is 0 Å². The number of rotatable bonds is 45. The summed E-state index contributed by atoms with van der Waals surface area (Å²) >= 11 is 1.41. The van der Waals surface area contributed by atoms with Crippen LogP contribution in [0, 0.1) is 16.7 Å². The molecule has 25 N–H and O–H groups in total. The first-order chi connectivity index (χ1) is 51.6. The summed E-state index contributed by atoms with van der Waals surface area (Å²) in [6, 6.07) is 15.6. The second kappa shape index (κ2) is 43.4. The van der Waals surface area contributed by atoms with Gasteiger partial charge in [-0.25, -0.2) is 59.7 Å². The van der Waals surface area contributed by atoms with Crippen LogP contribution in [-0.2, 0) is 41.7 Å². The SMILES string of the molecule is CSCCC(N=C(O)C(N=C(O)C(N)Cc1ccc(O)cc1)C(C)C)C(O)=NCC(O)=NC(Cc1cnc[nH]1)C(O)=NC(Cc1ccccc1)C(O)=NC(CCCNC(=N)N)C(O)=NC(Cc1c[nH]c2ccccc12)C(O)=NC(CC(=O)O)C(O)=NC(CCCNC(=N)N)C(O)=NC(Cc1ccccc1)C(=O)O. The molecule has 108 heavy (non-hydrogen) atoms. The third-order valence-corrected chi connectivity index (χ3v) is 17.1. The number of para-hydroxylation sites is 1. The number of fused-ring (bicyclic) bond motifs is 1. The van der Waals surface area contributed by atoms with Crippen molar-refractivity contribution < 1.29 is 76.0 Å². The van der Waals surface area contributed by atoms with Gasteiger partial charge in [-0.05, 0) is 96.9 Å². The Morgan fingerprint density at radius 3 is 1.52 bits per heavy atom. The number of benzene rings is 4. The van der Waals surface area contributed by atoms with E-state index in [9.17, 15) is 76.0 Å². The summed E-state index contributed by atoms with van der Waals surface area (Å²) in [5, 5.41) is 169. The van der Waals surface area contributed by atoms with Gasteiger partial charge >= 0.3 is 11.9 Å². The van der Waals surface area contributed by atoms with Gasteiger partial charge in [0, 0.05) is 67.8 Å². The fourth-order valence-corrected chi connectivity index (χ4v) is 11.3. The van der Waals surface area contributed by atoms with Crippen molar-refractivity contribution in [3.8, 4) is 5.75 Å². The topological polar surface area (TPSA) is 615 Å². The second-order valence-electron chi connectivity index (χ2n) is 25.3. The van der Waals surface area contributed by atoms with E-state index in [2.05, 4.69) is 75.5 Å². The first-order valence-electron chi connectivity index (χ1n) is 34.4. The van der Waals surface area contributed by atoms with Crippen LogP contribution in [0.5, 0.6) is 5.75 Å². The lowest BCUT2D eigenvalue weighted by molar-refractivity contribution is -0.139. The van der Waals surface area contributed by atoms with Crippen molar-refractivity contribution >= 4 is 105 Å². The molecule has 2 aromatic heterocycles. The lowest BCUT2D eigenvalue weighted by atomic mass is 10.0. The number of phenolic OH excluding ortho intramolecular Hbond substituents is 1. The number of phenols is 1. The minimum atomic E-state index is -1.95. The number of nitrogens with one attached hydrogen (secondary N) is 6. The number of hydrogen-bond donors (Lipinski definition) is 22.